The summed E-state index contributed by atoms with van der Waals surface area (Å²) in [6.07, 6.45) is 0. The largest absolute Gasteiger partial charge is 0.310 e. The van der Waals surface area contributed by atoms with Crippen LogP contribution in [-0.2, 0) is 0 Å². The van der Waals surface area contributed by atoms with Crippen molar-refractivity contribution >= 4 is 55.9 Å². The van der Waals surface area contributed by atoms with Gasteiger partial charge in [-0.3, -0.25) is 0 Å². The second-order valence-electron chi connectivity index (χ2n) is 17.5. The van der Waals surface area contributed by atoms with E-state index in [1.165, 1.54) is 22.3 Å². The Labute approximate surface area is 392 Å². The van der Waals surface area contributed by atoms with Crippen LogP contribution in [0.5, 0.6) is 0 Å². The fourth-order valence-electron chi connectivity index (χ4n) is 9.23. The minimum atomic E-state index is 0.709. The summed E-state index contributed by atoms with van der Waals surface area (Å²) in [6, 6.07) is 80.5. The Morgan fingerprint density at radius 1 is 0.313 bits per heavy atom. The van der Waals surface area contributed by atoms with Gasteiger partial charge in [-0.15, -0.1) is 0 Å². The molecule has 0 saturated carbocycles. The van der Waals surface area contributed by atoms with Crippen molar-refractivity contribution in [3.63, 3.8) is 0 Å². The molecule has 9 aromatic carbocycles. The third-order valence-corrected chi connectivity index (χ3v) is 12.6. The van der Waals surface area contributed by atoms with E-state index in [1.54, 1.807) is 0 Å². The van der Waals surface area contributed by atoms with Gasteiger partial charge in [0.2, 0.25) is 0 Å². The van der Waals surface area contributed by atoms with Gasteiger partial charge in [-0.25, -0.2) is 9.97 Å². The normalized spacial score (nSPS) is 11.3. The highest BCUT2D eigenvalue weighted by Crippen LogP contribution is 2.43. The Hall–Kier alpha value is -8.54. The Morgan fingerprint density at radius 2 is 0.746 bits per heavy atom. The zero-order chi connectivity index (χ0) is 45.4. The molecular formula is C62H49N5. The van der Waals surface area contributed by atoms with Crippen LogP contribution >= 0.6 is 0 Å². The van der Waals surface area contributed by atoms with E-state index >= 15 is 0 Å². The lowest BCUT2D eigenvalue weighted by atomic mass is 10.0. The van der Waals surface area contributed by atoms with Crippen LogP contribution in [0.2, 0.25) is 0 Å². The highest BCUT2D eigenvalue weighted by Gasteiger charge is 2.21. The van der Waals surface area contributed by atoms with Gasteiger partial charge in [0.15, 0.2) is 5.82 Å². The molecule has 67 heavy (non-hydrogen) atoms. The van der Waals surface area contributed by atoms with E-state index in [4.69, 9.17) is 9.97 Å². The number of rotatable bonds is 10. The first kappa shape index (κ1) is 41.2. The summed E-state index contributed by atoms with van der Waals surface area (Å²) in [7, 11) is 0. The van der Waals surface area contributed by atoms with E-state index in [0.717, 1.165) is 89.7 Å². The zero-order valence-electron chi connectivity index (χ0n) is 38.1. The number of anilines is 6. The lowest BCUT2D eigenvalue weighted by Crippen LogP contribution is -2.10. The van der Waals surface area contributed by atoms with E-state index in [1.807, 2.05) is 0 Å². The summed E-state index contributed by atoms with van der Waals surface area (Å²) in [5.74, 6) is 0.709. The van der Waals surface area contributed by atoms with E-state index < -0.39 is 0 Å². The van der Waals surface area contributed by atoms with Crippen LogP contribution < -0.4 is 9.80 Å². The summed E-state index contributed by atoms with van der Waals surface area (Å²) in [5.41, 5.74) is 19.5. The maximum Gasteiger partial charge on any atom is 0.160 e. The second-order valence-corrected chi connectivity index (χ2v) is 17.5. The Morgan fingerprint density at radius 3 is 1.24 bits per heavy atom. The fourth-order valence-corrected chi connectivity index (χ4v) is 9.23. The lowest BCUT2D eigenvalue weighted by molar-refractivity contribution is 1.17. The first-order valence-corrected chi connectivity index (χ1v) is 22.9. The summed E-state index contributed by atoms with van der Waals surface area (Å²) in [5, 5.41) is 2.31. The topological polar surface area (TPSA) is 37.2 Å². The van der Waals surface area contributed by atoms with Crippen molar-refractivity contribution in [1.82, 2.24) is 14.5 Å². The molecule has 0 radical (unpaired) electrons. The minimum absolute atomic E-state index is 0.709. The quantitative estimate of drug-likeness (QED) is 0.137. The van der Waals surface area contributed by atoms with Crippen molar-refractivity contribution in [2.24, 2.45) is 0 Å². The highest BCUT2D eigenvalue weighted by molar-refractivity contribution is 6.12. The maximum absolute atomic E-state index is 5.19. The van der Waals surface area contributed by atoms with Crippen LogP contribution in [0.4, 0.5) is 34.1 Å². The van der Waals surface area contributed by atoms with Crippen LogP contribution in [0.15, 0.2) is 224 Å². The average molecular weight is 864 g/mol. The molecule has 0 aliphatic heterocycles. The van der Waals surface area contributed by atoms with Crippen LogP contribution in [0, 0.1) is 27.7 Å². The highest BCUT2D eigenvalue weighted by atomic mass is 15.1. The minimum Gasteiger partial charge on any atom is -0.310 e. The molecule has 5 nitrogen and oxygen atoms in total. The molecule has 0 atom stereocenters. The van der Waals surface area contributed by atoms with E-state index in [0.29, 0.717) is 5.82 Å². The predicted octanol–water partition coefficient (Wildman–Crippen LogP) is 16.7. The van der Waals surface area contributed by atoms with Gasteiger partial charge in [0, 0.05) is 67.3 Å². The van der Waals surface area contributed by atoms with Crippen molar-refractivity contribution in [1.29, 1.82) is 0 Å². The third-order valence-electron chi connectivity index (χ3n) is 12.6. The van der Waals surface area contributed by atoms with Gasteiger partial charge >= 0.3 is 0 Å². The van der Waals surface area contributed by atoms with Crippen molar-refractivity contribution in [3.8, 4) is 39.6 Å². The van der Waals surface area contributed by atoms with Gasteiger partial charge in [-0.05, 0) is 143 Å². The van der Waals surface area contributed by atoms with Gasteiger partial charge in [0.05, 0.1) is 22.4 Å². The van der Waals surface area contributed by atoms with Gasteiger partial charge < -0.3 is 14.4 Å². The van der Waals surface area contributed by atoms with Crippen molar-refractivity contribution in [2.45, 2.75) is 27.7 Å². The Balaban J connectivity index is 1.09. The number of benzene rings is 9. The molecule has 2 aromatic heterocycles. The first-order chi connectivity index (χ1) is 32.8. The molecule has 0 aliphatic rings. The molecule has 0 unspecified atom stereocenters. The molecule has 0 saturated heterocycles. The van der Waals surface area contributed by atoms with Gasteiger partial charge in [-0.2, -0.15) is 0 Å². The van der Waals surface area contributed by atoms with E-state index in [2.05, 4.69) is 267 Å². The molecule has 11 aromatic rings. The molecule has 322 valence electrons. The smallest absolute Gasteiger partial charge is 0.160 e. The lowest BCUT2D eigenvalue weighted by Gasteiger charge is -2.26. The van der Waals surface area contributed by atoms with Crippen LogP contribution in [0.3, 0.4) is 0 Å². The van der Waals surface area contributed by atoms with E-state index in [9.17, 15) is 0 Å². The van der Waals surface area contributed by atoms with Crippen LogP contribution in [0.1, 0.15) is 22.3 Å². The third kappa shape index (κ3) is 8.13. The Kier molecular flexibility index (Phi) is 10.7. The molecule has 0 amide bonds. The number of hydrogen-bond donors (Lipinski definition) is 0. The van der Waals surface area contributed by atoms with Gasteiger partial charge in [-0.1, -0.05) is 131 Å². The number of aryl methyl sites for hydroxylation is 4. The molecule has 0 aliphatic carbocycles. The zero-order valence-corrected chi connectivity index (χ0v) is 38.1. The number of para-hydroxylation sites is 2. The molecule has 0 bridgehead atoms. The van der Waals surface area contributed by atoms with Gasteiger partial charge in [0.25, 0.3) is 0 Å². The molecular weight excluding hydrogens is 815 g/mol. The van der Waals surface area contributed by atoms with Crippen molar-refractivity contribution in [2.75, 3.05) is 9.80 Å². The van der Waals surface area contributed by atoms with Crippen LogP contribution in [0.25, 0.3) is 61.4 Å². The summed E-state index contributed by atoms with van der Waals surface area (Å²) in [6.45, 7) is 8.50. The molecule has 5 heteroatoms. The summed E-state index contributed by atoms with van der Waals surface area (Å²) >= 11 is 0. The number of nitrogens with zero attached hydrogens (tertiary/aromatic N) is 5. The molecule has 0 spiro atoms. The predicted molar refractivity (Wildman–Crippen MR) is 281 cm³/mol. The summed E-state index contributed by atoms with van der Waals surface area (Å²) in [4.78, 5) is 15.0. The SMILES string of the molecule is Cc1ccc(N(c2ccccc2)c2ccc3c(c2)c2cc(N(c4ccccc4)c4ccc(C)cc4)ccc2n3-c2ccc(-c3cc(-c4cccc(C)c4)nc(-c4cccc(C)c4)n3)cc2)cc1. The first-order valence-electron chi connectivity index (χ1n) is 22.9. The second kappa shape index (κ2) is 17.4. The number of hydrogen-bond acceptors (Lipinski definition) is 4. The number of aromatic nitrogens is 3. The fraction of sp³-hybridized carbons (Fsp3) is 0.0645. The molecule has 0 N–H and O–H groups in total. The summed E-state index contributed by atoms with van der Waals surface area (Å²) < 4.78 is 2.40. The van der Waals surface area contributed by atoms with Crippen LogP contribution in [-0.4, -0.2) is 14.5 Å². The number of fused-ring (bicyclic) bond motifs is 3. The van der Waals surface area contributed by atoms with Gasteiger partial charge in [0.1, 0.15) is 0 Å². The standard InChI is InChI=1S/C62H49N5/c1-42-21-27-51(28-22-42)65(49-17-7-5-8-18-49)54-33-35-60-56(39-54)57-40-55(66(50-19-9-6-10-20-50)52-29-23-43(2)24-30-52)34-36-61(57)67(60)53-31-25-46(26-32-53)58-41-59(47-15-11-13-44(3)37-47)64-62(63-58)48-16-12-14-45(4)38-48/h5-41H,1-4H3. The Bertz CT molecular complexity index is 3330. The van der Waals surface area contributed by atoms with Crippen molar-refractivity contribution < 1.29 is 0 Å². The molecule has 0 fully saturated rings. The molecule has 2 heterocycles. The molecule has 11 rings (SSSR count). The van der Waals surface area contributed by atoms with Crippen molar-refractivity contribution in [3.05, 3.63) is 247 Å². The van der Waals surface area contributed by atoms with E-state index in [-0.39, 0.29) is 0 Å². The average Bonchev–Trinajstić information content (AvgIpc) is 3.69. The maximum atomic E-state index is 5.19. The monoisotopic (exact) mass is 863 g/mol.